The van der Waals surface area contributed by atoms with E-state index in [0.29, 0.717) is 50.6 Å². The molecule has 1 aromatic rings. The van der Waals surface area contributed by atoms with Crippen LogP contribution in [0.4, 0.5) is 0 Å². The number of rotatable bonds is 6. The third-order valence-electron chi connectivity index (χ3n) is 5.07. The Morgan fingerprint density at radius 1 is 1.32 bits per heavy atom. The van der Waals surface area contributed by atoms with E-state index in [1.165, 1.54) is 11.1 Å². The predicted octanol–water partition coefficient (Wildman–Crippen LogP) is 0.645. The summed E-state index contributed by atoms with van der Waals surface area (Å²) in [5.74, 6) is -1.35. The van der Waals surface area contributed by atoms with Gasteiger partial charge in [0.25, 0.3) is 5.91 Å². The van der Waals surface area contributed by atoms with Crippen molar-refractivity contribution in [2.75, 3.05) is 39.9 Å². The Morgan fingerprint density at radius 3 is 2.71 bits per heavy atom. The number of carbonyl (C=O) groups is 3. The summed E-state index contributed by atoms with van der Waals surface area (Å²) < 4.78 is 11.0. The minimum absolute atomic E-state index is 0.0639. The highest BCUT2D eigenvalue weighted by molar-refractivity contribution is 5.96. The summed E-state index contributed by atoms with van der Waals surface area (Å²) in [6.07, 6.45) is 3.10. The van der Waals surface area contributed by atoms with Gasteiger partial charge in [0.2, 0.25) is 11.8 Å². The quantitative estimate of drug-likeness (QED) is 0.758. The number of ether oxygens (including phenoxy) is 2. The summed E-state index contributed by atoms with van der Waals surface area (Å²) in [6, 6.07) is 3.15. The van der Waals surface area contributed by atoms with Crippen LogP contribution in [0.15, 0.2) is 18.3 Å². The molecule has 0 spiro atoms. The van der Waals surface area contributed by atoms with Crippen molar-refractivity contribution in [3.63, 3.8) is 0 Å². The van der Waals surface area contributed by atoms with Crippen LogP contribution in [-0.2, 0) is 14.3 Å². The molecule has 0 saturated carbocycles. The lowest BCUT2D eigenvalue weighted by Gasteiger charge is -2.31. The van der Waals surface area contributed by atoms with E-state index >= 15 is 0 Å². The number of hydrogen-bond acceptors (Lipinski definition) is 6. The number of likely N-dealkylation sites (tertiary alicyclic amines) is 1. The average molecular weight is 391 g/mol. The maximum absolute atomic E-state index is 12.7. The highest BCUT2D eigenvalue weighted by atomic mass is 16.5. The Hall–Kier alpha value is -2.68. The van der Waals surface area contributed by atoms with Crippen LogP contribution >= 0.6 is 0 Å². The molecular formula is C19H25N3O6. The first kappa shape index (κ1) is 20.1. The Labute approximate surface area is 163 Å². The Kier molecular flexibility index (Phi) is 6.45. The van der Waals surface area contributed by atoms with Crippen LogP contribution in [0.3, 0.4) is 0 Å². The number of piperidine rings is 1. The van der Waals surface area contributed by atoms with E-state index in [9.17, 15) is 14.4 Å². The van der Waals surface area contributed by atoms with Gasteiger partial charge in [-0.05, 0) is 18.9 Å². The second kappa shape index (κ2) is 9.01. The zero-order valence-corrected chi connectivity index (χ0v) is 15.9. The lowest BCUT2D eigenvalue weighted by atomic mass is 9.97. The normalized spacial score (nSPS) is 20.0. The molecule has 1 N–H and O–H groups in total. The minimum atomic E-state index is -0.820. The number of aliphatic carboxylic acids is 1. The Morgan fingerprint density at radius 2 is 2.07 bits per heavy atom. The topological polar surface area (TPSA) is 109 Å². The van der Waals surface area contributed by atoms with Crippen molar-refractivity contribution in [1.29, 1.82) is 0 Å². The Bertz CT molecular complexity index is 726. The van der Waals surface area contributed by atoms with Gasteiger partial charge in [-0.15, -0.1) is 0 Å². The molecule has 0 aromatic carbocycles. The van der Waals surface area contributed by atoms with Gasteiger partial charge in [0.15, 0.2) is 0 Å². The van der Waals surface area contributed by atoms with Gasteiger partial charge in [0.1, 0.15) is 6.10 Å². The summed E-state index contributed by atoms with van der Waals surface area (Å²) in [7, 11) is 1.57. The number of carbonyl (C=O) groups excluding carboxylic acids is 2. The van der Waals surface area contributed by atoms with Crippen molar-refractivity contribution in [1.82, 2.24) is 14.8 Å². The molecule has 9 heteroatoms. The van der Waals surface area contributed by atoms with Crippen LogP contribution in [0.2, 0.25) is 0 Å². The summed E-state index contributed by atoms with van der Waals surface area (Å²) in [4.78, 5) is 43.2. The van der Waals surface area contributed by atoms with Crippen LogP contribution in [0, 0.1) is 5.92 Å². The van der Waals surface area contributed by atoms with Crippen molar-refractivity contribution in [2.45, 2.75) is 25.4 Å². The van der Waals surface area contributed by atoms with Gasteiger partial charge >= 0.3 is 5.97 Å². The first-order valence-corrected chi connectivity index (χ1v) is 9.40. The van der Waals surface area contributed by atoms with Crippen molar-refractivity contribution in [3.8, 4) is 5.88 Å². The maximum atomic E-state index is 12.7. The van der Waals surface area contributed by atoms with Gasteiger partial charge in [-0.2, -0.15) is 0 Å². The van der Waals surface area contributed by atoms with Gasteiger partial charge in [-0.1, -0.05) is 0 Å². The Balaban J connectivity index is 1.54. The molecule has 0 radical (unpaired) electrons. The first-order valence-electron chi connectivity index (χ1n) is 9.40. The third kappa shape index (κ3) is 4.98. The number of amides is 2. The van der Waals surface area contributed by atoms with Crippen LogP contribution in [0.5, 0.6) is 5.88 Å². The van der Waals surface area contributed by atoms with E-state index in [1.54, 1.807) is 24.1 Å². The fourth-order valence-electron chi connectivity index (χ4n) is 3.35. The van der Waals surface area contributed by atoms with E-state index in [-0.39, 0.29) is 24.5 Å². The summed E-state index contributed by atoms with van der Waals surface area (Å²) in [6.45, 7) is 1.89. The molecule has 3 rings (SSSR count). The monoisotopic (exact) mass is 391 g/mol. The van der Waals surface area contributed by atoms with Crippen molar-refractivity contribution < 1.29 is 29.0 Å². The van der Waals surface area contributed by atoms with E-state index < -0.39 is 11.9 Å². The highest BCUT2D eigenvalue weighted by Gasteiger charge is 2.28. The number of pyridine rings is 1. The standard InChI is InChI=1S/C19H25N3O6/c1-21(11-17(23)22-7-3-13(4-8-22)19(25)26)18(24)14-2-6-20-16(10-14)28-15-5-9-27-12-15/h2,6,10,13,15H,3-5,7-9,11-12H2,1H3,(H,25,26). The number of likely N-dealkylation sites (N-methyl/N-ethyl adjacent to an activating group) is 1. The molecular weight excluding hydrogens is 366 g/mol. The first-order chi connectivity index (χ1) is 13.4. The summed E-state index contributed by atoms with van der Waals surface area (Å²) in [5.41, 5.74) is 0.392. The van der Waals surface area contributed by atoms with Crippen LogP contribution in [-0.4, -0.2) is 83.7 Å². The second-order valence-corrected chi connectivity index (χ2v) is 7.14. The number of aromatic nitrogens is 1. The van der Waals surface area contributed by atoms with Gasteiger partial charge < -0.3 is 24.4 Å². The molecule has 2 fully saturated rings. The molecule has 1 unspecified atom stereocenters. The van der Waals surface area contributed by atoms with Crippen molar-refractivity contribution in [2.24, 2.45) is 5.92 Å². The molecule has 3 heterocycles. The van der Waals surface area contributed by atoms with E-state index in [2.05, 4.69) is 4.98 Å². The van der Waals surface area contributed by atoms with E-state index in [0.717, 1.165) is 6.42 Å². The molecule has 28 heavy (non-hydrogen) atoms. The fraction of sp³-hybridized carbons (Fsp3) is 0.579. The molecule has 1 atom stereocenters. The highest BCUT2D eigenvalue weighted by Crippen LogP contribution is 2.19. The fourth-order valence-corrected chi connectivity index (χ4v) is 3.35. The molecule has 0 bridgehead atoms. The number of hydrogen-bond donors (Lipinski definition) is 1. The van der Waals surface area contributed by atoms with Gasteiger partial charge in [0.05, 0.1) is 25.7 Å². The van der Waals surface area contributed by atoms with Gasteiger partial charge in [-0.3, -0.25) is 14.4 Å². The number of carboxylic acid groups (broad SMARTS) is 1. The minimum Gasteiger partial charge on any atom is -0.481 e. The number of carboxylic acids is 1. The molecule has 2 aliphatic heterocycles. The lowest BCUT2D eigenvalue weighted by Crippen LogP contribution is -2.45. The molecule has 0 aliphatic carbocycles. The molecule has 9 nitrogen and oxygen atoms in total. The molecule has 2 aliphatic rings. The lowest BCUT2D eigenvalue weighted by molar-refractivity contribution is -0.145. The molecule has 2 amide bonds. The average Bonchev–Trinajstić information content (AvgIpc) is 3.20. The molecule has 1 aromatic heterocycles. The smallest absolute Gasteiger partial charge is 0.306 e. The van der Waals surface area contributed by atoms with Crippen LogP contribution in [0.1, 0.15) is 29.6 Å². The van der Waals surface area contributed by atoms with Crippen molar-refractivity contribution >= 4 is 17.8 Å². The van der Waals surface area contributed by atoms with E-state index in [4.69, 9.17) is 14.6 Å². The third-order valence-corrected chi connectivity index (χ3v) is 5.07. The zero-order valence-electron chi connectivity index (χ0n) is 15.9. The maximum Gasteiger partial charge on any atom is 0.306 e. The largest absolute Gasteiger partial charge is 0.481 e. The van der Waals surface area contributed by atoms with Gasteiger partial charge in [-0.25, -0.2) is 4.98 Å². The molecule has 2 saturated heterocycles. The SMILES string of the molecule is CN(CC(=O)N1CCC(C(=O)O)CC1)C(=O)c1ccnc(OC2CCOC2)c1. The number of nitrogens with zero attached hydrogens (tertiary/aromatic N) is 3. The summed E-state index contributed by atoms with van der Waals surface area (Å²) in [5, 5.41) is 9.04. The predicted molar refractivity (Wildman–Crippen MR) is 98.0 cm³/mol. The zero-order chi connectivity index (χ0) is 20.1. The summed E-state index contributed by atoms with van der Waals surface area (Å²) >= 11 is 0. The van der Waals surface area contributed by atoms with Crippen LogP contribution in [0.25, 0.3) is 0 Å². The van der Waals surface area contributed by atoms with Crippen molar-refractivity contribution in [3.05, 3.63) is 23.9 Å². The second-order valence-electron chi connectivity index (χ2n) is 7.14. The van der Waals surface area contributed by atoms with E-state index in [1.807, 2.05) is 0 Å². The van der Waals surface area contributed by atoms with Crippen LogP contribution < -0.4 is 4.74 Å². The van der Waals surface area contributed by atoms with Gasteiger partial charge in [0, 0.05) is 44.4 Å². The molecule has 152 valence electrons.